The van der Waals surface area contributed by atoms with Gasteiger partial charge in [0.2, 0.25) is 0 Å². The lowest BCUT2D eigenvalue weighted by Gasteiger charge is -2.32. The summed E-state index contributed by atoms with van der Waals surface area (Å²) in [5.74, 6) is 3.72. The average Bonchev–Trinajstić information content (AvgIpc) is 2.60. The van der Waals surface area contributed by atoms with Gasteiger partial charge in [-0.15, -0.1) is 5.73 Å². The quantitative estimate of drug-likeness (QED) is 0.477. The summed E-state index contributed by atoms with van der Waals surface area (Å²) in [5.41, 5.74) is 4.85. The fraction of sp³-hybridized carbons (Fsp3) is 0.706. The minimum atomic E-state index is 0.789. The molecule has 3 saturated carbocycles. The van der Waals surface area contributed by atoms with E-state index in [-0.39, 0.29) is 0 Å². The standard InChI is InChI=1S/C17H24/c1-2-16(11-13-5-3-4-6-13)17-8-7-14-9-15(10-14)12-17/h3,5,13-15,17H,1,4,6-12H2. The molecule has 0 nitrogen and oxygen atoms in total. The maximum absolute atomic E-state index is 3.96. The van der Waals surface area contributed by atoms with Gasteiger partial charge in [-0.25, -0.2) is 0 Å². The van der Waals surface area contributed by atoms with Crippen molar-refractivity contribution in [3.63, 3.8) is 0 Å². The molecule has 92 valence electrons. The fourth-order valence-corrected chi connectivity index (χ4v) is 4.11. The summed E-state index contributed by atoms with van der Waals surface area (Å²) >= 11 is 0. The smallest absolute Gasteiger partial charge is 0.0124 e. The van der Waals surface area contributed by atoms with Gasteiger partial charge >= 0.3 is 0 Å². The maximum Gasteiger partial charge on any atom is -0.0124 e. The van der Waals surface area contributed by atoms with E-state index in [2.05, 4.69) is 24.5 Å². The van der Waals surface area contributed by atoms with Gasteiger partial charge in [-0.05, 0) is 80.6 Å². The Kier molecular flexibility index (Phi) is 3.25. The molecule has 0 spiro atoms. The van der Waals surface area contributed by atoms with E-state index in [1.54, 1.807) is 5.57 Å². The van der Waals surface area contributed by atoms with Crippen molar-refractivity contribution in [2.75, 3.05) is 0 Å². The highest BCUT2D eigenvalue weighted by molar-refractivity contribution is 5.12. The Hall–Kier alpha value is -0.740. The molecule has 3 fully saturated rings. The van der Waals surface area contributed by atoms with Gasteiger partial charge in [0, 0.05) is 0 Å². The highest BCUT2D eigenvalue weighted by Gasteiger charge is 2.36. The first-order valence-corrected chi connectivity index (χ1v) is 7.40. The van der Waals surface area contributed by atoms with Crippen molar-refractivity contribution >= 4 is 0 Å². The molecule has 0 amide bonds. The lowest BCUT2D eigenvalue weighted by molar-refractivity contribution is 0.195. The van der Waals surface area contributed by atoms with Gasteiger partial charge in [0.1, 0.15) is 0 Å². The van der Waals surface area contributed by atoms with Gasteiger partial charge < -0.3 is 0 Å². The molecule has 0 N–H and O–H groups in total. The molecule has 0 aromatic rings. The number of rotatable bonds is 3. The molecule has 0 aromatic carbocycles. The lowest BCUT2D eigenvalue weighted by atomic mass is 9.73. The zero-order chi connectivity index (χ0) is 11.7. The molecule has 17 heavy (non-hydrogen) atoms. The van der Waals surface area contributed by atoms with Gasteiger partial charge in [-0.2, -0.15) is 0 Å². The summed E-state index contributed by atoms with van der Waals surface area (Å²) in [6, 6.07) is 0. The molecule has 2 bridgehead atoms. The Labute approximate surface area is 105 Å². The Morgan fingerprint density at radius 1 is 1.12 bits per heavy atom. The minimum absolute atomic E-state index is 0.789. The summed E-state index contributed by atoms with van der Waals surface area (Å²) in [7, 11) is 0. The van der Waals surface area contributed by atoms with Crippen LogP contribution in [-0.4, -0.2) is 0 Å². The Balaban J connectivity index is 1.63. The molecule has 0 aliphatic heterocycles. The van der Waals surface area contributed by atoms with Crippen molar-refractivity contribution in [3.8, 4) is 0 Å². The molecular formula is C17H24. The summed E-state index contributed by atoms with van der Waals surface area (Å²) in [5, 5.41) is 0. The highest BCUT2D eigenvalue weighted by Crippen LogP contribution is 2.48. The first-order chi connectivity index (χ1) is 8.35. The second-order valence-corrected chi connectivity index (χ2v) is 6.39. The molecular weight excluding hydrogens is 204 g/mol. The van der Waals surface area contributed by atoms with Gasteiger partial charge in [-0.1, -0.05) is 18.7 Å². The van der Waals surface area contributed by atoms with Crippen LogP contribution in [0.1, 0.15) is 51.4 Å². The van der Waals surface area contributed by atoms with Crippen LogP contribution in [0.25, 0.3) is 0 Å². The average molecular weight is 228 g/mol. The van der Waals surface area contributed by atoms with E-state index in [0.717, 1.165) is 23.7 Å². The van der Waals surface area contributed by atoms with Crippen LogP contribution in [0.5, 0.6) is 0 Å². The summed E-state index contributed by atoms with van der Waals surface area (Å²) < 4.78 is 0. The number of allylic oxidation sites excluding steroid dienone is 3. The number of fused-ring (bicyclic) bond motifs is 3. The van der Waals surface area contributed by atoms with Crippen molar-refractivity contribution in [2.24, 2.45) is 23.7 Å². The van der Waals surface area contributed by atoms with Crippen LogP contribution >= 0.6 is 0 Å². The highest BCUT2D eigenvalue weighted by atomic mass is 14.4. The molecule has 4 aliphatic carbocycles. The third-order valence-corrected chi connectivity index (χ3v) is 5.19. The van der Waals surface area contributed by atoms with E-state index in [0.29, 0.717) is 0 Å². The summed E-state index contributed by atoms with van der Waals surface area (Å²) in [4.78, 5) is 0. The van der Waals surface area contributed by atoms with E-state index in [4.69, 9.17) is 0 Å². The molecule has 0 aromatic heterocycles. The van der Waals surface area contributed by atoms with Crippen molar-refractivity contribution in [1.82, 2.24) is 0 Å². The summed E-state index contributed by atoms with van der Waals surface area (Å²) in [6.45, 7) is 3.96. The zero-order valence-electron chi connectivity index (χ0n) is 10.8. The van der Waals surface area contributed by atoms with E-state index >= 15 is 0 Å². The monoisotopic (exact) mass is 228 g/mol. The fourth-order valence-electron chi connectivity index (χ4n) is 4.11. The molecule has 2 unspecified atom stereocenters. The van der Waals surface area contributed by atoms with Crippen molar-refractivity contribution in [1.29, 1.82) is 0 Å². The van der Waals surface area contributed by atoms with Crippen LogP contribution in [0, 0.1) is 23.7 Å². The second-order valence-electron chi connectivity index (χ2n) is 6.39. The van der Waals surface area contributed by atoms with Crippen LogP contribution < -0.4 is 0 Å². The Morgan fingerprint density at radius 3 is 2.71 bits per heavy atom. The Morgan fingerprint density at radius 2 is 2.00 bits per heavy atom. The predicted molar refractivity (Wildman–Crippen MR) is 72.7 cm³/mol. The molecule has 0 radical (unpaired) electrons. The van der Waals surface area contributed by atoms with Crippen LogP contribution in [0.3, 0.4) is 0 Å². The Bertz CT molecular complexity index is 350. The molecule has 4 aliphatic rings. The van der Waals surface area contributed by atoms with E-state index in [1.165, 1.54) is 51.4 Å². The normalized spacial score (nSPS) is 39.3. The molecule has 0 heterocycles. The van der Waals surface area contributed by atoms with Gasteiger partial charge in [0.15, 0.2) is 0 Å². The molecule has 0 heteroatoms. The van der Waals surface area contributed by atoms with Crippen LogP contribution in [-0.2, 0) is 0 Å². The van der Waals surface area contributed by atoms with Crippen molar-refractivity contribution in [3.05, 3.63) is 30.0 Å². The van der Waals surface area contributed by atoms with Crippen LogP contribution in [0.2, 0.25) is 0 Å². The SMILES string of the molecule is C=C=C(CC1C=CCC1)C1CCC2CC(C2)C1. The van der Waals surface area contributed by atoms with Crippen molar-refractivity contribution in [2.45, 2.75) is 51.4 Å². The molecule has 4 rings (SSSR count). The maximum atomic E-state index is 3.96. The first kappa shape index (κ1) is 11.4. The first-order valence-electron chi connectivity index (χ1n) is 7.40. The number of hydrogen-bond donors (Lipinski definition) is 0. The lowest BCUT2D eigenvalue weighted by Crippen LogP contribution is -2.21. The third kappa shape index (κ3) is 2.43. The van der Waals surface area contributed by atoms with E-state index < -0.39 is 0 Å². The number of hydrogen-bond acceptors (Lipinski definition) is 0. The van der Waals surface area contributed by atoms with Gasteiger partial charge in [0.05, 0.1) is 0 Å². The van der Waals surface area contributed by atoms with Gasteiger partial charge in [0.25, 0.3) is 0 Å². The summed E-state index contributed by atoms with van der Waals surface area (Å²) in [6.07, 6.45) is 16.0. The van der Waals surface area contributed by atoms with E-state index in [9.17, 15) is 0 Å². The zero-order valence-corrected chi connectivity index (χ0v) is 10.8. The van der Waals surface area contributed by atoms with Crippen molar-refractivity contribution < 1.29 is 0 Å². The van der Waals surface area contributed by atoms with Crippen LogP contribution in [0.15, 0.2) is 30.0 Å². The molecule has 0 saturated heterocycles. The topological polar surface area (TPSA) is 0 Å². The molecule has 2 atom stereocenters. The third-order valence-electron chi connectivity index (χ3n) is 5.19. The van der Waals surface area contributed by atoms with Crippen LogP contribution in [0.4, 0.5) is 0 Å². The van der Waals surface area contributed by atoms with Gasteiger partial charge in [-0.3, -0.25) is 0 Å². The second kappa shape index (κ2) is 4.86. The van der Waals surface area contributed by atoms with E-state index in [1.807, 2.05) is 0 Å². The predicted octanol–water partition coefficient (Wildman–Crippen LogP) is 4.88. The largest absolute Gasteiger partial charge is 0.129 e. The minimum Gasteiger partial charge on any atom is -0.129 e.